The number of nitrogens with zero attached hydrogens (tertiary/aromatic N) is 1. The highest BCUT2D eigenvalue weighted by molar-refractivity contribution is 8.00. The molecule has 54 heavy (non-hydrogen) atoms. The molecule has 1 aliphatic carbocycles. The minimum absolute atomic E-state index is 0.0525. The Morgan fingerprint density at radius 3 is 2.11 bits per heavy atom. The van der Waals surface area contributed by atoms with Crippen LogP contribution in [0.3, 0.4) is 0 Å². The molecule has 0 spiro atoms. The van der Waals surface area contributed by atoms with Crippen LogP contribution < -0.4 is 10.6 Å². The van der Waals surface area contributed by atoms with Crippen molar-refractivity contribution < 1.29 is 0 Å². The predicted octanol–water partition coefficient (Wildman–Crippen LogP) is 12.8. The number of fused-ring (bicyclic) bond motifs is 9. The van der Waals surface area contributed by atoms with Crippen molar-refractivity contribution in [3.8, 4) is 11.1 Å². The van der Waals surface area contributed by atoms with E-state index in [-0.39, 0.29) is 16.8 Å². The van der Waals surface area contributed by atoms with Gasteiger partial charge in [0.15, 0.2) is 0 Å². The van der Waals surface area contributed by atoms with Crippen molar-refractivity contribution in [2.45, 2.75) is 35.6 Å². The van der Waals surface area contributed by atoms with E-state index in [1.54, 1.807) is 0 Å². The molecule has 2 N–H and O–H groups in total. The molecule has 258 valence electrons. The fraction of sp³-hybridized carbons (Fsp3) is 0.100. The average Bonchev–Trinajstić information content (AvgIpc) is 3.76. The van der Waals surface area contributed by atoms with Crippen molar-refractivity contribution >= 4 is 61.3 Å². The first kappa shape index (κ1) is 31.4. The number of aliphatic imine (C=N–C) groups is 1. The minimum Gasteiger partial charge on any atom is -0.368 e. The average molecular weight is 712 g/mol. The molecule has 4 heteroatoms. The molecule has 2 aliphatic heterocycles. The SMILES string of the molecule is CC1(C)c2cc(C3C=C(c4ccccc4)N=C(c4ccc5c(ccc6ccc7c(c65)NC(c5ccccc5)S7)c4)N3)ccc2-c2cc3ccccc3cc21. The third kappa shape index (κ3) is 4.94. The summed E-state index contributed by atoms with van der Waals surface area (Å²) in [5.41, 5.74) is 12.2. The molecule has 3 aliphatic rings. The minimum atomic E-state index is -0.113. The number of rotatable bonds is 4. The van der Waals surface area contributed by atoms with Crippen LogP contribution in [0.5, 0.6) is 0 Å². The number of nitrogens with one attached hydrogen (secondary N) is 2. The monoisotopic (exact) mass is 711 g/mol. The third-order valence-electron chi connectivity index (χ3n) is 11.7. The Bertz CT molecular complexity index is 2890. The highest BCUT2D eigenvalue weighted by atomic mass is 32.2. The van der Waals surface area contributed by atoms with Gasteiger partial charge in [-0.15, -0.1) is 0 Å². The lowest BCUT2D eigenvalue weighted by Crippen LogP contribution is -2.31. The zero-order chi connectivity index (χ0) is 36.0. The summed E-state index contributed by atoms with van der Waals surface area (Å²) in [5, 5.41) is 15.5. The first-order valence-electron chi connectivity index (χ1n) is 18.8. The number of benzene rings is 8. The van der Waals surface area contributed by atoms with Gasteiger partial charge in [0.25, 0.3) is 0 Å². The number of thioether (sulfide) groups is 1. The third-order valence-corrected chi connectivity index (χ3v) is 12.9. The lowest BCUT2D eigenvalue weighted by Gasteiger charge is -2.27. The van der Waals surface area contributed by atoms with E-state index in [1.165, 1.54) is 76.3 Å². The van der Waals surface area contributed by atoms with Crippen molar-refractivity contribution in [2.24, 2.45) is 4.99 Å². The maximum absolute atomic E-state index is 5.28. The molecule has 11 rings (SSSR count). The van der Waals surface area contributed by atoms with Crippen LogP contribution in [-0.4, -0.2) is 5.84 Å². The van der Waals surface area contributed by atoms with Crippen molar-refractivity contribution in [3.05, 3.63) is 197 Å². The highest BCUT2D eigenvalue weighted by Crippen LogP contribution is 2.52. The largest absolute Gasteiger partial charge is 0.368 e. The molecule has 0 aromatic heterocycles. The van der Waals surface area contributed by atoms with Crippen LogP contribution in [0.1, 0.15) is 58.6 Å². The molecule has 8 aromatic rings. The van der Waals surface area contributed by atoms with Gasteiger partial charge >= 0.3 is 0 Å². The summed E-state index contributed by atoms with van der Waals surface area (Å²) in [6.45, 7) is 4.74. The maximum Gasteiger partial charge on any atom is 0.134 e. The smallest absolute Gasteiger partial charge is 0.134 e. The number of amidine groups is 1. The van der Waals surface area contributed by atoms with E-state index in [0.29, 0.717) is 0 Å². The predicted molar refractivity (Wildman–Crippen MR) is 228 cm³/mol. The summed E-state index contributed by atoms with van der Waals surface area (Å²) >= 11 is 1.89. The van der Waals surface area contributed by atoms with Crippen molar-refractivity contribution in [2.75, 3.05) is 5.32 Å². The van der Waals surface area contributed by atoms with Crippen LogP contribution in [0.2, 0.25) is 0 Å². The number of hydrogen-bond donors (Lipinski definition) is 2. The lowest BCUT2D eigenvalue weighted by atomic mass is 9.81. The molecular formula is C50H37N3S. The van der Waals surface area contributed by atoms with Gasteiger partial charge in [0.05, 0.1) is 17.4 Å². The van der Waals surface area contributed by atoms with Gasteiger partial charge in [-0.25, -0.2) is 4.99 Å². The lowest BCUT2D eigenvalue weighted by molar-refractivity contribution is 0.657. The molecule has 0 saturated carbocycles. The topological polar surface area (TPSA) is 36.4 Å². The molecule has 2 unspecified atom stereocenters. The standard InChI is InChI=1S/C50H37N3S/c1-50(2)41-28-36(19-23-39(41)40-26-33-15-9-10-16-34(33)27-42(40)50)44-29-43(30-11-5-3-6-12-30)51-48(52-44)37-20-22-38-35(25-37)18-17-31-21-24-45-47(46(31)38)53-49(54-45)32-13-7-4-8-14-32/h3-29,44,49,53H,1-2H3,(H,51,52). The molecule has 0 bridgehead atoms. The first-order chi connectivity index (χ1) is 26.5. The Kier molecular flexibility index (Phi) is 6.96. The van der Waals surface area contributed by atoms with E-state index in [0.717, 1.165) is 22.7 Å². The zero-order valence-electron chi connectivity index (χ0n) is 30.1. The zero-order valence-corrected chi connectivity index (χ0v) is 30.9. The Hall–Kier alpha value is -6.10. The van der Waals surface area contributed by atoms with Gasteiger partial charge in [-0.3, -0.25) is 0 Å². The van der Waals surface area contributed by atoms with Gasteiger partial charge in [-0.1, -0.05) is 159 Å². The summed E-state index contributed by atoms with van der Waals surface area (Å²) in [6, 6.07) is 57.6. The number of anilines is 1. The normalized spacial score (nSPS) is 18.0. The molecule has 0 amide bonds. The molecule has 3 nitrogen and oxygen atoms in total. The van der Waals surface area contributed by atoms with Crippen LogP contribution >= 0.6 is 11.8 Å². The van der Waals surface area contributed by atoms with Gasteiger partial charge in [0, 0.05) is 21.3 Å². The Balaban J connectivity index is 0.987. The molecule has 0 radical (unpaired) electrons. The van der Waals surface area contributed by atoms with Crippen molar-refractivity contribution in [1.29, 1.82) is 0 Å². The summed E-state index contributed by atoms with van der Waals surface area (Å²) in [7, 11) is 0. The van der Waals surface area contributed by atoms with Gasteiger partial charge in [-0.05, 0) is 96.2 Å². The van der Waals surface area contributed by atoms with E-state index in [4.69, 9.17) is 4.99 Å². The van der Waals surface area contributed by atoms with E-state index >= 15 is 0 Å². The molecule has 2 atom stereocenters. The molecule has 2 heterocycles. The van der Waals surface area contributed by atoms with Crippen molar-refractivity contribution in [3.63, 3.8) is 0 Å². The number of hydrogen-bond acceptors (Lipinski definition) is 4. The van der Waals surface area contributed by atoms with Gasteiger partial charge in [-0.2, -0.15) is 0 Å². The molecule has 8 aromatic carbocycles. The quantitative estimate of drug-likeness (QED) is 0.178. The maximum atomic E-state index is 5.28. The highest BCUT2D eigenvalue weighted by Gasteiger charge is 2.36. The van der Waals surface area contributed by atoms with Crippen LogP contribution in [-0.2, 0) is 5.41 Å². The van der Waals surface area contributed by atoms with Gasteiger partial charge in [0.1, 0.15) is 11.2 Å². The van der Waals surface area contributed by atoms with Crippen LogP contribution in [0, 0.1) is 0 Å². The second-order valence-corrected chi connectivity index (χ2v) is 16.4. The van der Waals surface area contributed by atoms with Gasteiger partial charge < -0.3 is 10.6 Å². The molecule has 0 fully saturated rings. The summed E-state index contributed by atoms with van der Waals surface area (Å²) in [4.78, 5) is 6.58. The van der Waals surface area contributed by atoms with Crippen LogP contribution in [0.15, 0.2) is 174 Å². The Morgan fingerprint density at radius 1 is 0.556 bits per heavy atom. The van der Waals surface area contributed by atoms with E-state index in [1.807, 2.05) is 11.8 Å². The molecular weight excluding hydrogens is 675 g/mol. The second kappa shape index (κ2) is 12.0. The summed E-state index contributed by atoms with van der Waals surface area (Å²) < 4.78 is 0. The van der Waals surface area contributed by atoms with E-state index in [2.05, 4.69) is 188 Å². The van der Waals surface area contributed by atoms with E-state index in [9.17, 15) is 0 Å². The molecule has 0 saturated heterocycles. The second-order valence-electron chi connectivity index (χ2n) is 15.3. The van der Waals surface area contributed by atoms with Gasteiger partial charge in [0.2, 0.25) is 0 Å². The first-order valence-corrected chi connectivity index (χ1v) is 19.6. The summed E-state index contributed by atoms with van der Waals surface area (Å²) in [5.74, 6) is 0.883. The van der Waals surface area contributed by atoms with E-state index < -0.39 is 0 Å². The Labute approximate surface area is 319 Å². The summed E-state index contributed by atoms with van der Waals surface area (Å²) in [6.07, 6.45) is 2.29. The fourth-order valence-corrected chi connectivity index (χ4v) is 10.0. The van der Waals surface area contributed by atoms with Crippen LogP contribution in [0.25, 0.3) is 49.1 Å². The van der Waals surface area contributed by atoms with Crippen molar-refractivity contribution in [1.82, 2.24) is 5.32 Å². The Morgan fingerprint density at radius 2 is 1.28 bits per heavy atom. The fourth-order valence-electron chi connectivity index (χ4n) is 8.86. The van der Waals surface area contributed by atoms with Crippen LogP contribution in [0.4, 0.5) is 5.69 Å².